The molecule has 1 rings (SSSR count). The highest BCUT2D eigenvalue weighted by Crippen LogP contribution is 2.20. The van der Waals surface area contributed by atoms with Crippen molar-refractivity contribution in [2.24, 2.45) is 0 Å². The Kier molecular flexibility index (Phi) is 4.83. The monoisotopic (exact) mass is 206 g/mol. The zero-order valence-corrected chi connectivity index (χ0v) is 10.3. The molecule has 1 atom stereocenters. The van der Waals surface area contributed by atoms with Gasteiger partial charge in [0, 0.05) is 12.0 Å². The third-order valence-corrected chi connectivity index (χ3v) is 2.95. The van der Waals surface area contributed by atoms with Gasteiger partial charge in [0.1, 0.15) is 6.04 Å². The molecule has 84 valence electrons. The van der Waals surface area contributed by atoms with Crippen molar-refractivity contribution < 1.29 is 5.73 Å². The molecule has 3 N–H and O–H groups in total. The average Bonchev–Trinajstić information content (AvgIpc) is 2.26. The second-order valence-electron chi connectivity index (χ2n) is 4.66. The van der Waals surface area contributed by atoms with Crippen LogP contribution in [-0.2, 0) is 0 Å². The van der Waals surface area contributed by atoms with E-state index in [4.69, 9.17) is 0 Å². The summed E-state index contributed by atoms with van der Waals surface area (Å²) in [6.07, 6.45) is 3.74. The second-order valence-corrected chi connectivity index (χ2v) is 4.66. The van der Waals surface area contributed by atoms with E-state index in [1.54, 1.807) is 0 Å². The van der Waals surface area contributed by atoms with E-state index in [1.165, 1.54) is 30.4 Å². The molecule has 0 fully saturated rings. The van der Waals surface area contributed by atoms with Crippen LogP contribution >= 0.6 is 0 Å². The maximum Gasteiger partial charge on any atom is 0.110 e. The molecule has 0 spiro atoms. The molecule has 0 unspecified atom stereocenters. The summed E-state index contributed by atoms with van der Waals surface area (Å²) in [5, 5.41) is 0. The van der Waals surface area contributed by atoms with Gasteiger partial charge in [0.05, 0.1) is 0 Å². The number of unbranched alkanes of at least 4 members (excludes halogenated alkanes) is 1. The molecular weight excluding hydrogens is 182 g/mol. The lowest BCUT2D eigenvalue weighted by atomic mass is 9.96. The van der Waals surface area contributed by atoms with Gasteiger partial charge in [-0.25, -0.2) is 0 Å². The van der Waals surface area contributed by atoms with E-state index >= 15 is 0 Å². The largest absolute Gasteiger partial charge is 0.351 e. The molecule has 0 heterocycles. The van der Waals surface area contributed by atoms with Gasteiger partial charge in [-0.1, -0.05) is 45.4 Å². The van der Waals surface area contributed by atoms with Crippen molar-refractivity contribution >= 4 is 0 Å². The van der Waals surface area contributed by atoms with Crippen molar-refractivity contribution in [1.82, 2.24) is 0 Å². The first-order valence-electron chi connectivity index (χ1n) is 6.08. The van der Waals surface area contributed by atoms with Crippen LogP contribution in [0.25, 0.3) is 0 Å². The summed E-state index contributed by atoms with van der Waals surface area (Å²) in [6.45, 7) is 6.71. The number of hydrogen-bond acceptors (Lipinski definition) is 0. The Morgan fingerprint density at radius 1 is 1.20 bits per heavy atom. The highest BCUT2D eigenvalue weighted by molar-refractivity contribution is 5.26. The van der Waals surface area contributed by atoms with E-state index < -0.39 is 0 Å². The minimum absolute atomic E-state index is 0.462. The van der Waals surface area contributed by atoms with Gasteiger partial charge in [0.2, 0.25) is 0 Å². The van der Waals surface area contributed by atoms with Crippen molar-refractivity contribution in [3.05, 3.63) is 35.4 Å². The summed E-state index contributed by atoms with van der Waals surface area (Å²) in [5.41, 5.74) is 7.07. The summed E-state index contributed by atoms with van der Waals surface area (Å²) in [4.78, 5) is 0. The maximum absolute atomic E-state index is 4.25. The van der Waals surface area contributed by atoms with Gasteiger partial charge in [-0.05, 0) is 24.0 Å². The lowest BCUT2D eigenvalue weighted by Crippen LogP contribution is -2.53. The number of quaternary nitrogens is 1. The smallest absolute Gasteiger partial charge is 0.110 e. The molecule has 1 heteroatoms. The molecule has 0 aliphatic heterocycles. The molecule has 1 aromatic rings. The van der Waals surface area contributed by atoms with Gasteiger partial charge in [-0.15, -0.1) is 0 Å². The van der Waals surface area contributed by atoms with E-state index in [9.17, 15) is 0 Å². The summed E-state index contributed by atoms with van der Waals surface area (Å²) < 4.78 is 0. The first-order chi connectivity index (χ1) is 7.15. The molecule has 0 radical (unpaired) electrons. The lowest BCUT2D eigenvalue weighted by molar-refractivity contribution is -0.428. The molecule has 0 bridgehead atoms. The van der Waals surface area contributed by atoms with Crippen LogP contribution in [0.15, 0.2) is 24.3 Å². The standard InChI is InChI=1S/C14H23N/c1-4-5-9-14(15)13-8-6-7-12(10-13)11(2)3/h6-8,10-11,14H,4-5,9,15H2,1-3H3/p+1/t14-/m0/s1. The van der Waals surface area contributed by atoms with E-state index in [0.717, 1.165) is 0 Å². The van der Waals surface area contributed by atoms with Gasteiger partial charge in [-0.2, -0.15) is 0 Å². The SMILES string of the molecule is CCCC[C@H]([NH3+])c1cccc(C(C)C)c1. The first kappa shape index (κ1) is 12.3. The van der Waals surface area contributed by atoms with Crippen LogP contribution < -0.4 is 5.73 Å². The maximum atomic E-state index is 4.25. The van der Waals surface area contributed by atoms with Crippen molar-refractivity contribution in [3.63, 3.8) is 0 Å². The predicted octanol–water partition coefficient (Wildman–Crippen LogP) is 3.28. The fraction of sp³-hybridized carbons (Fsp3) is 0.571. The zero-order valence-electron chi connectivity index (χ0n) is 10.3. The van der Waals surface area contributed by atoms with Crippen LogP contribution in [0.5, 0.6) is 0 Å². The highest BCUT2D eigenvalue weighted by atomic mass is 14.6. The summed E-state index contributed by atoms with van der Waals surface area (Å²) in [5.74, 6) is 0.614. The van der Waals surface area contributed by atoms with Crippen LogP contribution in [0, 0.1) is 0 Å². The van der Waals surface area contributed by atoms with Gasteiger partial charge < -0.3 is 5.73 Å². The first-order valence-corrected chi connectivity index (χ1v) is 6.08. The van der Waals surface area contributed by atoms with Gasteiger partial charge >= 0.3 is 0 Å². The Morgan fingerprint density at radius 3 is 2.47 bits per heavy atom. The predicted molar refractivity (Wildman–Crippen MR) is 65.7 cm³/mol. The van der Waals surface area contributed by atoms with Crippen LogP contribution in [0.1, 0.15) is 63.1 Å². The molecule has 0 saturated heterocycles. The van der Waals surface area contributed by atoms with Crippen LogP contribution in [0.4, 0.5) is 0 Å². The van der Waals surface area contributed by atoms with Gasteiger partial charge in [0.25, 0.3) is 0 Å². The van der Waals surface area contributed by atoms with Crippen molar-refractivity contribution in [2.75, 3.05) is 0 Å². The lowest BCUT2D eigenvalue weighted by Gasteiger charge is -2.11. The topological polar surface area (TPSA) is 27.6 Å². The van der Waals surface area contributed by atoms with E-state index in [-0.39, 0.29) is 0 Å². The quantitative estimate of drug-likeness (QED) is 0.765. The van der Waals surface area contributed by atoms with Crippen molar-refractivity contribution in [1.29, 1.82) is 0 Å². The van der Waals surface area contributed by atoms with Crippen molar-refractivity contribution in [2.45, 2.75) is 52.0 Å². The highest BCUT2D eigenvalue weighted by Gasteiger charge is 2.09. The summed E-state index contributed by atoms with van der Waals surface area (Å²) >= 11 is 0. The molecule has 0 aliphatic carbocycles. The third-order valence-electron chi connectivity index (χ3n) is 2.95. The third kappa shape index (κ3) is 3.67. The molecule has 0 amide bonds. The second kappa shape index (κ2) is 5.92. The van der Waals surface area contributed by atoms with Crippen LogP contribution in [0.2, 0.25) is 0 Å². The molecule has 0 aliphatic rings. The minimum Gasteiger partial charge on any atom is -0.351 e. The molecule has 0 aromatic heterocycles. The molecule has 15 heavy (non-hydrogen) atoms. The van der Waals surface area contributed by atoms with E-state index in [0.29, 0.717) is 12.0 Å². The Hall–Kier alpha value is -0.820. The number of hydrogen-bond donors (Lipinski definition) is 1. The Morgan fingerprint density at radius 2 is 1.87 bits per heavy atom. The Labute approximate surface area is 93.7 Å². The molecule has 0 saturated carbocycles. The Balaban J connectivity index is 2.71. The minimum atomic E-state index is 0.462. The fourth-order valence-corrected chi connectivity index (χ4v) is 1.79. The molecular formula is C14H24N+. The molecule has 1 nitrogen and oxygen atoms in total. The van der Waals surface area contributed by atoms with E-state index in [1.807, 2.05) is 0 Å². The Bertz CT molecular complexity index is 291. The summed E-state index contributed by atoms with van der Waals surface area (Å²) in [7, 11) is 0. The average molecular weight is 206 g/mol. The molecule has 1 aromatic carbocycles. The number of benzene rings is 1. The normalized spacial score (nSPS) is 13.1. The van der Waals surface area contributed by atoms with E-state index in [2.05, 4.69) is 50.8 Å². The fourth-order valence-electron chi connectivity index (χ4n) is 1.79. The van der Waals surface area contributed by atoms with Gasteiger partial charge in [-0.3, -0.25) is 0 Å². The number of rotatable bonds is 5. The van der Waals surface area contributed by atoms with Crippen molar-refractivity contribution in [3.8, 4) is 0 Å². The van der Waals surface area contributed by atoms with Crippen LogP contribution in [-0.4, -0.2) is 0 Å². The van der Waals surface area contributed by atoms with Crippen LogP contribution in [0.3, 0.4) is 0 Å². The summed E-state index contributed by atoms with van der Waals surface area (Å²) in [6, 6.07) is 9.36. The van der Waals surface area contributed by atoms with Gasteiger partial charge in [0.15, 0.2) is 0 Å². The zero-order chi connectivity index (χ0) is 11.3.